The third-order valence-corrected chi connectivity index (χ3v) is 3.76. The number of fused-ring (bicyclic) bond motifs is 1. The Morgan fingerprint density at radius 3 is 2.56 bits per heavy atom. The van der Waals surface area contributed by atoms with E-state index >= 15 is 0 Å². The number of rotatable bonds is 4. The lowest BCUT2D eigenvalue weighted by Gasteiger charge is -2.13. The monoisotopic (exact) mass is 369 g/mol. The van der Waals surface area contributed by atoms with E-state index in [4.69, 9.17) is 12.1 Å². The third kappa shape index (κ3) is 3.92. The van der Waals surface area contributed by atoms with Gasteiger partial charge in [0.1, 0.15) is 5.75 Å². The van der Waals surface area contributed by atoms with E-state index < -0.39 is 6.36 Å². The van der Waals surface area contributed by atoms with Gasteiger partial charge >= 0.3 is 6.36 Å². The summed E-state index contributed by atoms with van der Waals surface area (Å²) in [5.41, 5.74) is 11.1. The highest BCUT2D eigenvalue weighted by Gasteiger charge is 2.31. The molecular formula is C18H10F3N5O. The molecule has 1 heterocycles. The summed E-state index contributed by atoms with van der Waals surface area (Å²) in [4.78, 5) is 10.6. The number of aromatic nitrogens is 1. The number of ether oxygens (including phenoxy) is 1. The summed E-state index contributed by atoms with van der Waals surface area (Å²) in [5.74, 6) is -0.337. The minimum atomic E-state index is -4.77. The Morgan fingerprint density at radius 2 is 1.93 bits per heavy atom. The van der Waals surface area contributed by atoms with Crippen LogP contribution < -0.4 is 4.74 Å². The van der Waals surface area contributed by atoms with E-state index in [-0.39, 0.29) is 12.3 Å². The van der Waals surface area contributed by atoms with Gasteiger partial charge in [-0.1, -0.05) is 29.4 Å². The van der Waals surface area contributed by atoms with Crippen LogP contribution in [0.3, 0.4) is 0 Å². The molecule has 9 heteroatoms. The van der Waals surface area contributed by atoms with Crippen LogP contribution >= 0.6 is 0 Å². The van der Waals surface area contributed by atoms with Gasteiger partial charge in [0.05, 0.1) is 12.1 Å². The molecule has 0 unspecified atom stereocenters. The first-order valence-corrected chi connectivity index (χ1v) is 7.58. The minimum absolute atomic E-state index is 0.0265. The Balaban J connectivity index is 2.16. The number of hydrogen-bond acceptors (Lipinski definition) is 3. The highest BCUT2D eigenvalue weighted by molar-refractivity contribution is 6.02. The summed E-state index contributed by atoms with van der Waals surface area (Å²) in [6.07, 6.45) is -3.21. The minimum Gasteiger partial charge on any atom is -0.406 e. The third-order valence-electron chi connectivity index (χ3n) is 3.76. The normalized spacial score (nSPS) is 10.9. The van der Waals surface area contributed by atoms with Crippen LogP contribution in [0.25, 0.3) is 37.3 Å². The molecule has 0 bridgehead atoms. The van der Waals surface area contributed by atoms with Gasteiger partial charge in [-0.3, -0.25) is 4.98 Å². The largest absolute Gasteiger partial charge is 0.573 e. The Kier molecular flexibility index (Phi) is 4.83. The molecule has 0 saturated heterocycles. The van der Waals surface area contributed by atoms with Gasteiger partial charge in [0.15, 0.2) is 5.69 Å². The molecule has 0 aliphatic carbocycles. The van der Waals surface area contributed by atoms with Crippen molar-refractivity contribution in [3.63, 3.8) is 0 Å². The van der Waals surface area contributed by atoms with Crippen LogP contribution in [0.2, 0.25) is 0 Å². The molecule has 2 aromatic carbocycles. The maximum Gasteiger partial charge on any atom is 0.573 e. The van der Waals surface area contributed by atoms with Crippen molar-refractivity contribution in [2.45, 2.75) is 12.9 Å². The molecule has 3 rings (SSSR count). The van der Waals surface area contributed by atoms with Crippen molar-refractivity contribution in [2.24, 2.45) is 5.11 Å². The highest BCUT2D eigenvalue weighted by atomic mass is 19.4. The first kappa shape index (κ1) is 18.0. The summed E-state index contributed by atoms with van der Waals surface area (Å²) < 4.78 is 40.9. The molecule has 1 aromatic heterocycles. The second-order valence-electron chi connectivity index (χ2n) is 5.40. The van der Waals surface area contributed by atoms with Crippen molar-refractivity contribution in [3.05, 3.63) is 76.1 Å². The van der Waals surface area contributed by atoms with E-state index in [0.717, 1.165) is 0 Å². The van der Waals surface area contributed by atoms with Crippen molar-refractivity contribution in [1.29, 1.82) is 0 Å². The topological polar surface area (TPSA) is 75.2 Å². The van der Waals surface area contributed by atoms with Crippen molar-refractivity contribution in [3.8, 4) is 16.9 Å². The molecule has 0 saturated carbocycles. The number of alkyl halides is 3. The SMILES string of the molecule is [C-]#[N+]c1c(CN=[N+]=[N-])cc(-c2ccc(OC(F)(F)F)cc2)c2ncccc12. The number of azide groups is 1. The van der Waals surface area contributed by atoms with E-state index in [1.54, 1.807) is 24.4 Å². The second kappa shape index (κ2) is 7.23. The predicted molar refractivity (Wildman–Crippen MR) is 93.0 cm³/mol. The molecule has 0 amide bonds. The Bertz CT molecular complexity index is 1080. The van der Waals surface area contributed by atoms with Gasteiger partial charge in [-0.05, 0) is 34.9 Å². The molecule has 27 heavy (non-hydrogen) atoms. The lowest BCUT2D eigenvalue weighted by atomic mass is 9.97. The summed E-state index contributed by atoms with van der Waals surface area (Å²) in [6.45, 7) is 7.40. The van der Waals surface area contributed by atoms with Crippen molar-refractivity contribution < 1.29 is 17.9 Å². The van der Waals surface area contributed by atoms with Crippen LogP contribution in [0.1, 0.15) is 5.56 Å². The summed E-state index contributed by atoms with van der Waals surface area (Å²) in [6, 6.07) is 10.4. The highest BCUT2D eigenvalue weighted by Crippen LogP contribution is 2.38. The average molecular weight is 369 g/mol. The maximum atomic E-state index is 12.3. The van der Waals surface area contributed by atoms with E-state index in [2.05, 4.69) is 24.6 Å². The zero-order chi connectivity index (χ0) is 19.4. The molecule has 0 aliphatic rings. The van der Waals surface area contributed by atoms with Gasteiger partial charge in [-0.2, -0.15) is 0 Å². The number of hydrogen-bond donors (Lipinski definition) is 0. The van der Waals surface area contributed by atoms with Crippen LogP contribution in [0.4, 0.5) is 18.9 Å². The predicted octanol–water partition coefficient (Wildman–Crippen LogP) is 6.16. The van der Waals surface area contributed by atoms with Crippen LogP contribution in [0.15, 0.2) is 53.8 Å². The summed E-state index contributed by atoms with van der Waals surface area (Å²) >= 11 is 0. The standard InChI is InChI=1S/C18H10F3N5O/c1-23-16-12(10-25-26-22)9-15(17-14(16)3-2-8-24-17)11-4-6-13(7-5-11)27-18(19,20)21/h2-9H,10H2. The van der Waals surface area contributed by atoms with Gasteiger partial charge < -0.3 is 4.74 Å². The van der Waals surface area contributed by atoms with Crippen LogP contribution in [0, 0.1) is 6.57 Å². The first-order valence-electron chi connectivity index (χ1n) is 7.58. The molecule has 0 fully saturated rings. The van der Waals surface area contributed by atoms with Crippen molar-refractivity contribution >= 4 is 16.6 Å². The molecule has 0 aliphatic heterocycles. The molecule has 0 N–H and O–H groups in total. The van der Waals surface area contributed by atoms with Crippen LogP contribution in [0.5, 0.6) is 5.75 Å². The van der Waals surface area contributed by atoms with E-state index in [1.165, 1.54) is 24.3 Å². The summed E-state index contributed by atoms with van der Waals surface area (Å²) in [5, 5.41) is 4.09. The molecule has 0 spiro atoms. The molecule has 3 aromatic rings. The number of benzene rings is 2. The zero-order valence-corrected chi connectivity index (χ0v) is 13.6. The smallest absolute Gasteiger partial charge is 0.406 e. The molecular weight excluding hydrogens is 359 g/mol. The van der Waals surface area contributed by atoms with Gasteiger partial charge in [0.25, 0.3) is 0 Å². The Morgan fingerprint density at radius 1 is 1.19 bits per heavy atom. The fourth-order valence-corrected chi connectivity index (χ4v) is 2.71. The number of nitrogens with zero attached hydrogens (tertiary/aromatic N) is 5. The van der Waals surface area contributed by atoms with E-state index in [0.29, 0.717) is 33.3 Å². The van der Waals surface area contributed by atoms with Gasteiger partial charge in [0.2, 0.25) is 0 Å². The zero-order valence-electron chi connectivity index (χ0n) is 13.6. The summed E-state index contributed by atoms with van der Waals surface area (Å²) in [7, 11) is 0. The molecule has 6 nitrogen and oxygen atoms in total. The average Bonchev–Trinajstić information content (AvgIpc) is 2.65. The van der Waals surface area contributed by atoms with Gasteiger partial charge in [-0.15, -0.1) is 13.2 Å². The lowest BCUT2D eigenvalue weighted by Crippen LogP contribution is -2.16. The van der Waals surface area contributed by atoms with E-state index in [9.17, 15) is 13.2 Å². The molecule has 134 valence electrons. The number of halogens is 3. The Labute approximate surface area is 151 Å². The van der Waals surface area contributed by atoms with Gasteiger partial charge in [0, 0.05) is 28.6 Å². The quantitative estimate of drug-likeness (QED) is 0.239. The van der Waals surface area contributed by atoms with Crippen LogP contribution in [-0.4, -0.2) is 11.3 Å². The van der Waals surface area contributed by atoms with Crippen molar-refractivity contribution in [1.82, 2.24) is 4.98 Å². The first-order chi connectivity index (χ1) is 12.9. The maximum absolute atomic E-state index is 12.3. The van der Waals surface area contributed by atoms with E-state index in [1.807, 2.05) is 0 Å². The van der Waals surface area contributed by atoms with Crippen molar-refractivity contribution in [2.75, 3.05) is 0 Å². The molecule has 0 atom stereocenters. The van der Waals surface area contributed by atoms with Crippen LogP contribution in [-0.2, 0) is 6.54 Å². The lowest BCUT2D eigenvalue weighted by molar-refractivity contribution is -0.274. The number of pyridine rings is 1. The fourth-order valence-electron chi connectivity index (χ4n) is 2.71. The fraction of sp³-hybridized carbons (Fsp3) is 0.111. The Hall–Kier alpha value is -3.76. The molecule has 0 radical (unpaired) electrons. The van der Waals surface area contributed by atoms with Gasteiger partial charge in [-0.25, -0.2) is 4.85 Å². The second-order valence-corrected chi connectivity index (χ2v) is 5.40.